The van der Waals surface area contributed by atoms with E-state index < -0.39 is 209 Å². The van der Waals surface area contributed by atoms with Crippen LogP contribution in [0.25, 0.3) is 0 Å². The monoisotopic (exact) mass is 1070 g/mol. The van der Waals surface area contributed by atoms with Gasteiger partial charge in [0.25, 0.3) is 0 Å². The van der Waals surface area contributed by atoms with Crippen molar-refractivity contribution < 1.29 is 130 Å². The molecule has 9 nitrogen and oxygen atoms in total. The van der Waals surface area contributed by atoms with Crippen LogP contribution in [-0.2, 0) is 53.8 Å². The highest BCUT2D eigenvalue weighted by Crippen LogP contribution is 2.59. The fraction of sp³-hybridized carbons (Fsp3) is 0.429. The van der Waals surface area contributed by atoms with Crippen LogP contribution < -0.4 is 0 Å². The van der Waals surface area contributed by atoms with Gasteiger partial charge >= 0.3 is 7.32 Å². The summed E-state index contributed by atoms with van der Waals surface area (Å²) in [5.41, 5.74) is -18.4. The first-order chi connectivity index (χ1) is 33.8. The largest absolute Gasteiger partial charge is 0.645 e. The van der Waals surface area contributed by atoms with Crippen LogP contribution in [0, 0.1) is 116 Å². The zero-order valence-electron chi connectivity index (χ0n) is 37.5. The third kappa shape index (κ3) is 10.7. The topological polar surface area (TPSA) is 83.1 Å². The molecule has 4 unspecified atom stereocenters. The summed E-state index contributed by atoms with van der Waals surface area (Å²) in [5.74, 6) is -73.0. The molecular formula is C42H35BF20O9. The molecule has 4 aromatic carbocycles. The molecule has 30 heteroatoms. The summed E-state index contributed by atoms with van der Waals surface area (Å²) in [7, 11) is -3.61. The number of hydrogen-bond donors (Lipinski definition) is 0. The van der Waals surface area contributed by atoms with Gasteiger partial charge in [-0.1, -0.05) is 0 Å². The van der Waals surface area contributed by atoms with Crippen molar-refractivity contribution in [2.75, 3.05) is 46.2 Å². The molecule has 0 aromatic heterocycles. The predicted octanol–water partition coefficient (Wildman–Crippen LogP) is 11.2. The van der Waals surface area contributed by atoms with Crippen molar-refractivity contribution >= 4 is 7.32 Å². The molecule has 0 N–H and O–H groups in total. The Bertz CT molecular complexity index is 2410. The molecule has 0 aliphatic rings. The third-order valence-corrected chi connectivity index (χ3v) is 9.89. The summed E-state index contributed by atoms with van der Waals surface area (Å²) < 4.78 is 365. The first-order valence-electron chi connectivity index (χ1n) is 20.5. The second kappa shape index (κ2) is 24.5. The minimum atomic E-state index is -5.89. The lowest BCUT2D eigenvalue weighted by Gasteiger charge is -2.51. The Morgan fingerprint density at radius 3 is 0.958 bits per heavy atom. The molecule has 0 saturated heterocycles. The van der Waals surface area contributed by atoms with Gasteiger partial charge in [-0.3, -0.25) is 0 Å². The van der Waals surface area contributed by atoms with E-state index >= 15 is 65.9 Å². The minimum Gasteiger partial charge on any atom is -0.377 e. The Morgan fingerprint density at radius 1 is 0.375 bits per heavy atom. The van der Waals surface area contributed by atoms with Crippen molar-refractivity contribution in [1.29, 1.82) is 0 Å². The molecule has 0 radical (unpaired) electrons. The second-order valence-corrected chi connectivity index (χ2v) is 14.1. The maximum absolute atomic E-state index is 17.1. The third-order valence-electron chi connectivity index (χ3n) is 9.89. The maximum atomic E-state index is 17.1. The van der Waals surface area contributed by atoms with Gasteiger partial charge in [0.2, 0.25) is 29.1 Å². The van der Waals surface area contributed by atoms with Crippen molar-refractivity contribution in [1.82, 2.24) is 0 Å². The van der Waals surface area contributed by atoms with Crippen molar-refractivity contribution in [3.63, 3.8) is 0 Å². The van der Waals surface area contributed by atoms with Gasteiger partial charge in [-0.25, -0.2) is 87.8 Å². The Morgan fingerprint density at radius 2 is 0.667 bits per heavy atom. The van der Waals surface area contributed by atoms with Gasteiger partial charge in [0.05, 0.1) is 41.6 Å². The lowest BCUT2D eigenvalue weighted by Crippen LogP contribution is -2.62. The van der Waals surface area contributed by atoms with Gasteiger partial charge in [-0.15, -0.1) is 0 Å². The first-order valence-corrected chi connectivity index (χ1v) is 20.5. The van der Waals surface area contributed by atoms with Gasteiger partial charge < -0.3 is 42.4 Å². The zero-order valence-corrected chi connectivity index (χ0v) is 37.5. The lowest BCUT2D eigenvalue weighted by molar-refractivity contribution is -0.337. The molecule has 4 atom stereocenters. The van der Waals surface area contributed by atoms with E-state index in [9.17, 15) is 22.0 Å². The summed E-state index contributed by atoms with van der Waals surface area (Å²) in [4.78, 5) is 0. The van der Waals surface area contributed by atoms with E-state index in [0.717, 1.165) is 0 Å². The normalized spacial score (nSPS) is 14.2. The number of ether oxygens (including phenoxy) is 6. The van der Waals surface area contributed by atoms with Crippen LogP contribution in [0.15, 0.2) is 0 Å². The van der Waals surface area contributed by atoms with Gasteiger partial charge in [0.15, 0.2) is 111 Å². The summed E-state index contributed by atoms with van der Waals surface area (Å²) in [6.07, 6.45) is -8.11. The number of rotatable bonds is 25. The van der Waals surface area contributed by atoms with E-state index in [2.05, 4.69) is 0 Å². The molecule has 0 saturated carbocycles. The number of benzene rings is 4. The van der Waals surface area contributed by atoms with Crippen LogP contribution in [-0.4, -0.2) is 66.1 Å². The second-order valence-electron chi connectivity index (χ2n) is 14.1. The van der Waals surface area contributed by atoms with Crippen molar-refractivity contribution in [2.24, 2.45) is 0 Å². The molecule has 400 valence electrons. The van der Waals surface area contributed by atoms with Crippen LogP contribution >= 0.6 is 0 Å². The summed E-state index contributed by atoms with van der Waals surface area (Å²) >= 11 is 0. The predicted molar refractivity (Wildman–Crippen MR) is 201 cm³/mol. The maximum Gasteiger partial charge on any atom is 0.645 e. The molecule has 0 amide bonds. The Hall–Kier alpha value is -4.82. The van der Waals surface area contributed by atoms with Crippen LogP contribution in [0.5, 0.6) is 0 Å². The van der Waals surface area contributed by atoms with Crippen LogP contribution in [0.3, 0.4) is 0 Å². The molecule has 0 heterocycles. The van der Waals surface area contributed by atoms with E-state index in [4.69, 9.17) is 42.4 Å². The lowest BCUT2D eigenvalue weighted by atomic mass is 9.73. The van der Waals surface area contributed by atoms with E-state index in [1.54, 1.807) is 0 Å². The number of hydrogen-bond acceptors (Lipinski definition) is 9. The minimum absolute atomic E-state index is 0.0663. The van der Waals surface area contributed by atoms with E-state index in [-0.39, 0.29) is 20.1 Å². The Labute approximate surface area is 393 Å². The van der Waals surface area contributed by atoms with Gasteiger partial charge in [-0.05, 0) is 41.5 Å². The molecule has 4 rings (SSSR count). The standard InChI is InChI=1S/C42H35BF20O9/c1-7-64-12-15(66-9-3)70-43(71-16(67-10-4)13-65-8-2)72-42(20-27(50)35(58)40(63)36(59)28(20)51,69-14(6)17-21(44)29(52)37(60)30(53)22(17)45)41(68-11-5,18-23(46)31(54)38(61)32(55)24(18)47)19-25(48)33(56)39(62)34(57)26(19)49/h14-16H,7-13H2,1-6H3. The fourth-order valence-electron chi connectivity index (χ4n) is 6.93. The molecule has 4 aromatic rings. The van der Waals surface area contributed by atoms with E-state index in [1.165, 1.54) is 27.7 Å². The van der Waals surface area contributed by atoms with E-state index in [0.29, 0.717) is 6.92 Å². The van der Waals surface area contributed by atoms with Crippen molar-refractivity contribution in [3.8, 4) is 0 Å². The highest BCUT2D eigenvalue weighted by molar-refractivity contribution is 6.36. The van der Waals surface area contributed by atoms with Gasteiger partial charge in [0.1, 0.15) is 0 Å². The summed E-state index contributed by atoms with van der Waals surface area (Å²) in [6.45, 7) is -0.0754. The van der Waals surface area contributed by atoms with Crippen LogP contribution in [0.4, 0.5) is 87.8 Å². The molecular weight excluding hydrogens is 1040 g/mol. The van der Waals surface area contributed by atoms with Crippen molar-refractivity contribution in [3.05, 3.63) is 139 Å². The fourth-order valence-corrected chi connectivity index (χ4v) is 6.93. The highest BCUT2D eigenvalue weighted by Gasteiger charge is 2.69. The van der Waals surface area contributed by atoms with Gasteiger partial charge in [-0.2, -0.15) is 0 Å². The zero-order chi connectivity index (χ0) is 54.5. The molecule has 0 bridgehead atoms. The molecule has 0 aliphatic carbocycles. The molecule has 72 heavy (non-hydrogen) atoms. The van der Waals surface area contributed by atoms with Crippen molar-refractivity contribution in [2.45, 2.75) is 71.6 Å². The number of halogens is 20. The smallest absolute Gasteiger partial charge is 0.377 e. The average molecular weight is 1070 g/mol. The molecule has 0 fully saturated rings. The quantitative estimate of drug-likeness (QED) is 0.0212. The summed E-state index contributed by atoms with van der Waals surface area (Å²) in [6, 6.07) is 0. The summed E-state index contributed by atoms with van der Waals surface area (Å²) in [5, 5.41) is 0. The van der Waals surface area contributed by atoms with Gasteiger partial charge in [0, 0.05) is 33.0 Å². The van der Waals surface area contributed by atoms with Crippen LogP contribution in [0.2, 0.25) is 0 Å². The van der Waals surface area contributed by atoms with E-state index in [1.807, 2.05) is 0 Å². The highest BCUT2D eigenvalue weighted by atomic mass is 19.2. The van der Waals surface area contributed by atoms with Crippen LogP contribution in [0.1, 0.15) is 69.9 Å². The molecule has 0 aliphatic heterocycles. The Kier molecular flexibility index (Phi) is 20.3. The molecule has 0 spiro atoms. The first kappa shape index (κ1) is 59.7. The SMILES string of the molecule is CCOCC(OCC)OB(OC(COCC)OCC)OC(OC(C)c1c(F)c(F)c(F)c(F)c1F)(c1c(F)c(F)c(F)c(F)c1F)C(OCC)(c1c(F)c(F)c(F)c(F)c1F)c1c(F)c(F)c(F)c(F)c1F. The average Bonchev–Trinajstić information content (AvgIpc) is 3.34. The Balaban J connectivity index is 2.63.